The van der Waals surface area contributed by atoms with Crippen LogP contribution in [-0.4, -0.2) is 23.0 Å². The predicted molar refractivity (Wildman–Crippen MR) is 60.3 cm³/mol. The Labute approximate surface area is 97.4 Å². The van der Waals surface area contributed by atoms with E-state index < -0.39 is 23.7 Å². The Bertz CT molecular complexity index is 448. The first kappa shape index (κ1) is 13.1. The Morgan fingerprint density at radius 3 is 2.71 bits per heavy atom. The van der Waals surface area contributed by atoms with Crippen LogP contribution in [-0.2, 0) is 4.79 Å². The zero-order valence-corrected chi connectivity index (χ0v) is 9.24. The van der Waals surface area contributed by atoms with Crippen LogP contribution in [0.15, 0.2) is 18.2 Å². The normalized spacial score (nSPS) is 11.9. The quantitative estimate of drug-likeness (QED) is 0.737. The van der Waals surface area contributed by atoms with Gasteiger partial charge in [0.15, 0.2) is 0 Å². The lowest BCUT2D eigenvalue weighted by molar-refractivity contribution is -0.117. The van der Waals surface area contributed by atoms with Crippen molar-refractivity contribution in [1.82, 2.24) is 0 Å². The van der Waals surface area contributed by atoms with Crippen molar-refractivity contribution >= 4 is 17.6 Å². The van der Waals surface area contributed by atoms with Crippen molar-refractivity contribution in [3.63, 3.8) is 0 Å². The second-order valence-electron chi connectivity index (χ2n) is 3.47. The third kappa shape index (κ3) is 3.01. The number of carboxylic acid groups (broad SMARTS) is 1. The van der Waals surface area contributed by atoms with Gasteiger partial charge in [0.1, 0.15) is 5.82 Å². The molecule has 17 heavy (non-hydrogen) atoms. The summed E-state index contributed by atoms with van der Waals surface area (Å²) in [6, 6.07) is 2.74. The average Bonchev–Trinajstić information content (AvgIpc) is 2.30. The maximum absolute atomic E-state index is 13.4. The number of hydrogen-bond donors (Lipinski definition) is 3. The van der Waals surface area contributed by atoms with Crippen molar-refractivity contribution in [1.29, 1.82) is 0 Å². The van der Waals surface area contributed by atoms with Gasteiger partial charge in [0.2, 0.25) is 5.91 Å². The van der Waals surface area contributed by atoms with Gasteiger partial charge in [-0.25, -0.2) is 9.18 Å². The first-order chi connectivity index (χ1) is 7.97. The van der Waals surface area contributed by atoms with Gasteiger partial charge in [-0.2, -0.15) is 0 Å². The van der Waals surface area contributed by atoms with Gasteiger partial charge in [0, 0.05) is 0 Å². The number of carbonyl (C=O) groups is 2. The van der Waals surface area contributed by atoms with E-state index in [0.717, 1.165) is 6.07 Å². The number of nitrogens with one attached hydrogen (secondary N) is 1. The summed E-state index contributed by atoms with van der Waals surface area (Å²) in [6.45, 7) is 1.70. The molecule has 0 aliphatic heterocycles. The van der Waals surface area contributed by atoms with Crippen LogP contribution in [0.5, 0.6) is 0 Å². The van der Waals surface area contributed by atoms with Crippen molar-refractivity contribution in [2.45, 2.75) is 19.4 Å². The maximum atomic E-state index is 13.4. The molecule has 92 valence electrons. The minimum absolute atomic E-state index is 0.304. The molecule has 0 aliphatic rings. The van der Waals surface area contributed by atoms with Gasteiger partial charge in [-0.05, 0) is 18.6 Å². The van der Waals surface area contributed by atoms with Gasteiger partial charge in [0.25, 0.3) is 0 Å². The molecule has 0 radical (unpaired) electrons. The second-order valence-corrected chi connectivity index (χ2v) is 3.47. The van der Waals surface area contributed by atoms with Gasteiger partial charge >= 0.3 is 5.97 Å². The molecular weight excluding hydrogens is 227 g/mol. The summed E-state index contributed by atoms with van der Waals surface area (Å²) < 4.78 is 13.4. The monoisotopic (exact) mass is 240 g/mol. The highest BCUT2D eigenvalue weighted by Gasteiger charge is 2.18. The number of anilines is 1. The average molecular weight is 240 g/mol. The van der Waals surface area contributed by atoms with E-state index in [2.05, 4.69) is 5.32 Å². The number of nitrogens with two attached hydrogens (primary N) is 1. The fourth-order valence-electron chi connectivity index (χ4n) is 1.23. The Hall–Kier alpha value is -1.95. The SMILES string of the molecule is CCC(N)C(=O)Nc1c(F)cccc1C(=O)O. The number of para-hydroxylation sites is 1. The van der Waals surface area contributed by atoms with Crippen LogP contribution in [0, 0.1) is 5.82 Å². The first-order valence-electron chi connectivity index (χ1n) is 5.05. The molecule has 1 aromatic carbocycles. The lowest BCUT2D eigenvalue weighted by Crippen LogP contribution is -2.35. The van der Waals surface area contributed by atoms with E-state index in [-0.39, 0.29) is 11.3 Å². The molecule has 1 amide bonds. The van der Waals surface area contributed by atoms with Crippen LogP contribution >= 0.6 is 0 Å². The molecule has 4 N–H and O–H groups in total. The van der Waals surface area contributed by atoms with Crippen molar-refractivity contribution in [3.8, 4) is 0 Å². The molecule has 0 bridgehead atoms. The summed E-state index contributed by atoms with van der Waals surface area (Å²) in [6.07, 6.45) is 0.378. The highest BCUT2D eigenvalue weighted by atomic mass is 19.1. The fraction of sp³-hybridized carbons (Fsp3) is 0.273. The van der Waals surface area contributed by atoms with E-state index in [0.29, 0.717) is 6.42 Å². The topological polar surface area (TPSA) is 92.4 Å². The standard InChI is InChI=1S/C11H13FN2O3/c1-2-8(13)10(15)14-9-6(11(16)17)4-3-5-7(9)12/h3-5,8H,2,13H2,1H3,(H,14,15)(H,16,17). The van der Waals surface area contributed by atoms with E-state index in [1.807, 2.05) is 0 Å². The summed E-state index contributed by atoms with van der Waals surface area (Å²) in [7, 11) is 0. The fourth-order valence-corrected chi connectivity index (χ4v) is 1.23. The molecule has 1 rings (SSSR count). The van der Waals surface area contributed by atoms with E-state index in [1.165, 1.54) is 12.1 Å². The van der Waals surface area contributed by atoms with Crippen molar-refractivity contribution in [2.24, 2.45) is 5.73 Å². The first-order valence-corrected chi connectivity index (χ1v) is 5.05. The summed E-state index contributed by atoms with van der Waals surface area (Å²) in [4.78, 5) is 22.3. The number of benzene rings is 1. The van der Waals surface area contributed by atoms with E-state index >= 15 is 0 Å². The van der Waals surface area contributed by atoms with Crippen LogP contribution in [0.3, 0.4) is 0 Å². The molecule has 1 aromatic rings. The predicted octanol–water partition coefficient (Wildman–Crippen LogP) is 1.20. The summed E-state index contributed by atoms with van der Waals surface area (Å²) in [5.41, 5.74) is 4.80. The number of amides is 1. The molecule has 0 spiro atoms. The van der Waals surface area contributed by atoms with Crippen molar-refractivity contribution < 1.29 is 19.1 Å². The smallest absolute Gasteiger partial charge is 0.337 e. The maximum Gasteiger partial charge on any atom is 0.337 e. The third-order valence-electron chi connectivity index (χ3n) is 2.27. The lowest BCUT2D eigenvalue weighted by atomic mass is 10.1. The van der Waals surface area contributed by atoms with Gasteiger partial charge < -0.3 is 16.2 Å². The van der Waals surface area contributed by atoms with Gasteiger partial charge in [-0.3, -0.25) is 4.79 Å². The number of hydrogen-bond acceptors (Lipinski definition) is 3. The number of carbonyl (C=O) groups excluding carboxylic acids is 1. The Morgan fingerprint density at radius 2 is 2.18 bits per heavy atom. The molecule has 5 nitrogen and oxygen atoms in total. The molecule has 0 aromatic heterocycles. The van der Waals surface area contributed by atoms with E-state index in [4.69, 9.17) is 10.8 Å². The zero-order valence-electron chi connectivity index (χ0n) is 9.24. The third-order valence-corrected chi connectivity index (χ3v) is 2.27. The van der Waals surface area contributed by atoms with Crippen LogP contribution in [0.1, 0.15) is 23.7 Å². The Balaban J connectivity index is 3.05. The van der Waals surface area contributed by atoms with Gasteiger partial charge in [-0.1, -0.05) is 13.0 Å². The number of carboxylic acids is 1. The Morgan fingerprint density at radius 1 is 1.53 bits per heavy atom. The molecule has 0 saturated carbocycles. The molecule has 6 heteroatoms. The van der Waals surface area contributed by atoms with Crippen LogP contribution in [0.2, 0.25) is 0 Å². The van der Waals surface area contributed by atoms with E-state index in [9.17, 15) is 14.0 Å². The molecule has 0 aliphatic carbocycles. The van der Waals surface area contributed by atoms with Gasteiger partial charge in [-0.15, -0.1) is 0 Å². The second kappa shape index (κ2) is 5.40. The summed E-state index contributed by atoms with van der Waals surface area (Å²) in [5.74, 6) is -2.73. The number of aromatic carboxylic acids is 1. The number of rotatable bonds is 4. The largest absolute Gasteiger partial charge is 0.478 e. The zero-order chi connectivity index (χ0) is 13.0. The summed E-state index contributed by atoms with van der Waals surface area (Å²) in [5, 5.41) is 11.0. The molecule has 0 saturated heterocycles. The highest BCUT2D eigenvalue weighted by molar-refractivity contribution is 6.02. The number of halogens is 1. The van der Waals surface area contributed by atoms with Gasteiger partial charge in [0.05, 0.1) is 17.3 Å². The Kier molecular flexibility index (Phi) is 4.17. The molecule has 0 fully saturated rings. The van der Waals surface area contributed by atoms with Crippen LogP contribution < -0.4 is 11.1 Å². The molecular formula is C11H13FN2O3. The lowest BCUT2D eigenvalue weighted by Gasteiger charge is -2.12. The highest BCUT2D eigenvalue weighted by Crippen LogP contribution is 2.20. The molecule has 1 unspecified atom stereocenters. The minimum atomic E-state index is -1.31. The van der Waals surface area contributed by atoms with Crippen molar-refractivity contribution in [2.75, 3.05) is 5.32 Å². The molecule has 0 heterocycles. The van der Waals surface area contributed by atoms with Crippen LogP contribution in [0.25, 0.3) is 0 Å². The molecule has 1 atom stereocenters. The minimum Gasteiger partial charge on any atom is -0.478 e. The van der Waals surface area contributed by atoms with E-state index in [1.54, 1.807) is 6.92 Å². The summed E-state index contributed by atoms with van der Waals surface area (Å²) >= 11 is 0. The van der Waals surface area contributed by atoms with Crippen LogP contribution in [0.4, 0.5) is 10.1 Å². The van der Waals surface area contributed by atoms with Crippen molar-refractivity contribution in [3.05, 3.63) is 29.6 Å².